The van der Waals surface area contributed by atoms with Gasteiger partial charge in [0.15, 0.2) is 0 Å². The van der Waals surface area contributed by atoms with E-state index in [1.165, 1.54) is 11.8 Å². The molecule has 1 fully saturated rings. The molecule has 21 heavy (non-hydrogen) atoms. The molecule has 0 spiro atoms. The van der Waals surface area contributed by atoms with Gasteiger partial charge in [0.25, 0.3) is 5.56 Å². The van der Waals surface area contributed by atoms with Gasteiger partial charge in [-0.15, -0.1) is 0 Å². The van der Waals surface area contributed by atoms with E-state index in [0.29, 0.717) is 11.8 Å². The largest absolute Gasteiger partial charge is 0.490 e. The average molecular weight is 291 g/mol. The molecule has 5 atom stereocenters. The van der Waals surface area contributed by atoms with E-state index in [1.807, 2.05) is 6.07 Å². The van der Waals surface area contributed by atoms with Crippen molar-refractivity contribution in [1.29, 1.82) is 0 Å². The zero-order chi connectivity index (χ0) is 15.4. The summed E-state index contributed by atoms with van der Waals surface area (Å²) in [6.07, 6.45) is 4.03. The zero-order valence-electron chi connectivity index (χ0n) is 13.6. The Balaban J connectivity index is 2.21. The molecule has 1 aliphatic heterocycles. The number of hydrogen-bond donors (Lipinski definition) is 0. The lowest BCUT2D eigenvalue weighted by molar-refractivity contribution is -0.0369. The minimum absolute atomic E-state index is 0.0101. The Hall–Kier alpha value is -1.45. The molecule has 1 aliphatic carbocycles. The maximum atomic E-state index is 12.7. The van der Waals surface area contributed by atoms with Gasteiger partial charge in [0.05, 0.1) is 11.8 Å². The number of nitrogens with zero attached hydrogens (tertiary/aromatic N) is 1. The lowest BCUT2D eigenvalue weighted by atomic mass is 9.55. The Morgan fingerprint density at radius 2 is 2.10 bits per heavy atom. The fourth-order valence-electron chi connectivity index (χ4n) is 4.79. The van der Waals surface area contributed by atoms with E-state index < -0.39 is 0 Å². The predicted molar refractivity (Wildman–Crippen MR) is 81.7 cm³/mol. The number of ether oxygens (including phenoxy) is 1. The number of fused-ring (bicyclic) bond motifs is 3. The first-order chi connectivity index (χ1) is 9.88. The van der Waals surface area contributed by atoms with Gasteiger partial charge < -0.3 is 9.57 Å². The molecular formula is C17H25NO3. The van der Waals surface area contributed by atoms with Gasteiger partial charge in [-0.25, -0.2) is 0 Å². The molecule has 4 nitrogen and oxygen atoms in total. The average Bonchev–Trinajstić information content (AvgIpc) is 2.40. The molecule has 0 N–H and O–H groups in total. The Morgan fingerprint density at radius 3 is 2.76 bits per heavy atom. The quantitative estimate of drug-likeness (QED) is 0.799. The molecule has 0 saturated heterocycles. The molecule has 1 aromatic heterocycles. The summed E-state index contributed by atoms with van der Waals surface area (Å²) in [6.45, 7) is 8.99. The summed E-state index contributed by atoms with van der Waals surface area (Å²) in [5.41, 5.74) is 0.745. The Kier molecular flexibility index (Phi) is 3.30. The van der Waals surface area contributed by atoms with Crippen LogP contribution in [0, 0.1) is 17.3 Å². The molecule has 1 aromatic rings. The molecule has 0 aromatic carbocycles. The van der Waals surface area contributed by atoms with Crippen LogP contribution in [0.15, 0.2) is 17.1 Å². The predicted octanol–water partition coefficient (Wildman–Crippen LogP) is 2.84. The van der Waals surface area contributed by atoms with Gasteiger partial charge in [-0.05, 0) is 31.6 Å². The van der Waals surface area contributed by atoms with Crippen LogP contribution in [-0.4, -0.2) is 17.9 Å². The van der Waals surface area contributed by atoms with Gasteiger partial charge in [-0.1, -0.05) is 20.8 Å². The Labute approximate surface area is 126 Å². The highest BCUT2D eigenvalue weighted by molar-refractivity contribution is 5.39. The van der Waals surface area contributed by atoms with Crippen molar-refractivity contribution in [1.82, 2.24) is 4.73 Å². The van der Waals surface area contributed by atoms with Crippen LogP contribution in [0.25, 0.3) is 0 Å². The second-order valence-corrected chi connectivity index (χ2v) is 7.17. The SMILES string of the molecule is COn1ccc2c(c1=O)[C@H]1[C@H](C)C[C@H](C)C[C@]1(C)[C@@H](C)O2. The van der Waals surface area contributed by atoms with Crippen molar-refractivity contribution in [2.45, 2.75) is 52.6 Å². The first-order valence-corrected chi connectivity index (χ1v) is 7.85. The molecule has 0 bridgehead atoms. The molecule has 4 heteroatoms. The summed E-state index contributed by atoms with van der Waals surface area (Å²) in [6, 6.07) is 1.86. The van der Waals surface area contributed by atoms with Crippen molar-refractivity contribution >= 4 is 0 Å². The van der Waals surface area contributed by atoms with Crippen LogP contribution >= 0.6 is 0 Å². The van der Waals surface area contributed by atoms with Crippen LogP contribution in [-0.2, 0) is 0 Å². The monoisotopic (exact) mass is 291 g/mol. The van der Waals surface area contributed by atoms with E-state index in [2.05, 4.69) is 27.7 Å². The minimum Gasteiger partial charge on any atom is -0.490 e. The van der Waals surface area contributed by atoms with Crippen molar-refractivity contribution in [3.63, 3.8) is 0 Å². The highest BCUT2D eigenvalue weighted by Crippen LogP contribution is 2.57. The fourth-order valence-corrected chi connectivity index (χ4v) is 4.79. The van der Waals surface area contributed by atoms with Crippen molar-refractivity contribution in [3.8, 4) is 5.75 Å². The number of pyridine rings is 1. The molecular weight excluding hydrogens is 266 g/mol. The van der Waals surface area contributed by atoms with Gasteiger partial charge in [0.2, 0.25) is 0 Å². The molecule has 3 rings (SSSR count). The third kappa shape index (κ3) is 1.99. The molecule has 1 saturated carbocycles. The second-order valence-electron chi connectivity index (χ2n) is 7.17. The lowest BCUT2D eigenvalue weighted by Gasteiger charge is -2.53. The van der Waals surface area contributed by atoms with Crippen molar-refractivity contribution < 1.29 is 9.57 Å². The summed E-state index contributed by atoms with van der Waals surface area (Å²) in [4.78, 5) is 17.9. The second kappa shape index (κ2) is 4.79. The third-order valence-corrected chi connectivity index (χ3v) is 5.64. The van der Waals surface area contributed by atoms with Crippen LogP contribution in [0.5, 0.6) is 5.75 Å². The number of hydrogen-bond acceptors (Lipinski definition) is 3. The molecule has 0 amide bonds. The summed E-state index contributed by atoms with van der Waals surface area (Å²) in [5.74, 6) is 2.12. The van der Waals surface area contributed by atoms with Gasteiger partial charge in [-0.2, -0.15) is 4.73 Å². The van der Waals surface area contributed by atoms with E-state index in [1.54, 1.807) is 6.20 Å². The first-order valence-electron chi connectivity index (χ1n) is 7.85. The lowest BCUT2D eigenvalue weighted by Crippen LogP contribution is -2.52. The molecule has 0 radical (unpaired) electrons. The van der Waals surface area contributed by atoms with Crippen LogP contribution < -0.4 is 15.1 Å². The summed E-state index contributed by atoms with van der Waals surface area (Å²) < 4.78 is 7.42. The number of aromatic nitrogens is 1. The van der Waals surface area contributed by atoms with Crippen LogP contribution in [0.3, 0.4) is 0 Å². The fraction of sp³-hybridized carbons (Fsp3) is 0.706. The van der Waals surface area contributed by atoms with Crippen LogP contribution in [0.4, 0.5) is 0 Å². The van der Waals surface area contributed by atoms with Gasteiger partial charge in [0.1, 0.15) is 19.0 Å². The molecule has 2 heterocycles. The highest BCUT2D eigenvalue weighted by Gasteiger charge is 2.52. The Bertz CT molecular complexity index is 609. The standard InChI is InChI=1S/C17H25NO3/c1-10-8-11(2)15-14-13(6-7-18(20-5)16(14)19)21-12(3)17(15,4)9-10/h6-7,10-12,15H,8-9H2,1-5H3/t10-,11+,12+,15+,17+/m0/s1. The summed E-state index contributed by atoms with van der Waals surface area (Å²) in [5, 5.41) is 0. The highest BCUT2D eigenvalue weighted by atomic mass is 16.6. The van der Waals surface area contributed by atoms with Crippen molar-refractivity contribution in [2.24, 2.45) is 17.3 Å². The zero-order valence-corrected chi connectivity index (χ0v) is 13.6. The maximum absolute atomic E-state index is 12.7. The van der Waals surface area contributed by atoms with Crippen molar-refractivity contribution in [3.05, 3.63) is 28.2 Å². The Morgan fingerprint density at radius 1 is 1.38 bits per heavy atom. The molecule has 116 valence electrons. The van der Waals surface area contributed by atoms with E-state index >= 15 is 0 Å². The minimum atomic E-state index is -0.0699. The van der Waals surface area contributed by atoms with Gasteiger partial charge >= 0.3 is 0 Å². The molecule has 0 unspecified atom stereocenters. The topological polar surface area (TPSA) is 40.5 Å². The van der Waals surface area contributed by atoms with Crippen LogP contribution in [0.1, 0.15) is 52.0 Å². The van der Waals surface area contributed by atoms with E-state index in [9.17, 15) is 4.79 Å². The van der Waals surface area contributed by atoms with Gasteiger partial charge in [-0.3, -0.25) is 4.79 Å². The van der Waals surface area contributed by atoms with Gasteiger partial charge in [0, 0.05) is 17.4 Å². The van der Waals surface area contributed by atoms with Crippen molar-refractivity contribution in [2.75, 3.05) is 7.11 Å². The summed E-state index contributed by atoms with van der Waals surface area (Å²) in [7, 11) is 1.52. The first kappa shape index (κ1) is 14.5. The molecule has 2 aliphatic rings. The van der Waals surface area contributed by atoms with Crippen LogP contribution in [0.2, 0.25) is 0 Å². The normalized spacial score (nSPS) is 38.1. The maximum Gasteiger partial charge on any atom is 0.290 e. The smallest absolute Gasteiger partial charge is 0.290 e. The summed E-state index contributed by atoms with van der Waals surface area (Å²) >= 11 is 0. The van der Waals surface area contributed by atoms with E-state index in [0.717, 1.165) is 24.2 Å². The third-order valence-electron chi connectivity index (χ3n) is 5.64. The number of rotatable bonds is 1. The van der Waals surface area contributed by atoms with E-state index in [-0.39, 0.29) is 23.0 Å². The van der Waals surface area contributed by atoms with E-state index in [4.69, 9.17) is 9.57 Å².